The molecular formula is C14H24ClN3O. The van der Waals surface area contributed by atoms with Crippen molar-refractivity contribution >= 4 is 11.6 Å². The largest absolute Gasteiger partial charge is 0.370 e. The van der Waals surface area contributed by atoms with Crippen LogP contribution in [0.15, 0.2) is 6.20 Å². The van der Waals surface area contributed by atoms with Gasteiger partial charge >= 0.3 is 0 Å². The van der Waals surface area contributed by atoms with E-state index in [1.165, 1.54) is 19.3 Å². The minimum Gasteiger partial charge on any atom is -0.370 e. The van der Waals surface area contributed by atoms with Crippen molar-refractivity contribution in [2.45, 2.75) is 57.8 Å². The van der Waals surface area contributed by atoms with Gasteiger partial charge in [-0.05, 0) is 38.6 Å². The number of aromatic nitrogens is 2. The van der Waals surface area contributed by atoms with Crippen molar-refractivity contribution in [3.05, 3.63) is 17.2 Å². The topological polar surface area (TPSA) is 39.1 Å². The number of imidazole rings is 1. The molecule has 0 bridgehead atoms. The molecular weight excluding hydrogens is 262 g/mol. The number of hydrogen-bond donors (Lipinski definition) is 1. The highest BCUT2D eigenvalue weighted by molar-refractivity contribution is 6.29. The van der Waals surface area contributed by atoms with Crippen LogP contribution in [-0.4, -0.2) is 28.2 Å². The Hall–Kier alpha value is -0.580. The molecule has 1 N–H and O–H groups in total. The van der Waals surface area contributed by atoms with Crippen molar-refractivity contribution in [1.29, 1.82) is 0 Å². The summed E-state index contributed by atoms with van der Waals surface area (Å²) in [7, 11) is 1.92. The molecule has 1 aliphatic carbocycles. The highest BCUT2D eigenvalue weighted by Gasteiger charge is 2.21. The molecule has 0 spiro atoms. The van der Waals surface area contributed by atoms with Gasteiger partial charge in [-0.15, -0.1) is 0 Å². The van der Waals surface area contributed by atoms with E-state index < -0.39 is 0 Å². The minimum absolute atomic E-state index is 0.371. The molecule has 1 heterocycles. The van der Waals surface area contributed by atoms with Crippen LogP contribution >= 0.6 is 11.6 Å². The number of halogens is 1. The Morgan fingerprint density at radius 2 is 2.16 bits per heavy atom. The van der Waals surface area contributed by atoms with Gasteiger partial charge in [0, 0.05) is 13.1 Å². The molecule has 108 valence electrons. The van der Waals surface area contributed by atoms with Gasteiger partial charge in [-0.1, -0.05) is 18.5 Å². The van der Waals surface area contributed by atoms with E-state index in [-0.39, 0.29) is 0 Å². The molecule has 0 aromatic carbocycles. The van der Waals surface area contributed by atoms with Crippen LogP contribution in [0.3, 0.4) is 0 Å². The quantitative estimate of drug-likeness (QED) is 0.873. The van der Waals surface area contributed by atoms with Crippen LogP contribution in [0.1, 0.15) is 44.9 Å². The number of nitrogens with one attached hydrogen (secondary N) is 1. The van der Waals surface area contributed by atoms with Gasteiger partial charge in [0.25, 0.3) is 0 Å². The van der Waals surface area contributed by atoms with Gasteiger partial charge in [-0.3, -0.25) is 0 Å². The van der Waals surface area contributed by atoms with Crippen LogP contribution < -0.4 is 5.32 Å². The fourth-order valence-corrected chi connectivity index (χ4v) is 2.68. The fourth-order valence-electron chi connectivity index (χ4n) is 2.53. The van der Waals surface area contributed by atoms with Crippen LogP contribution in [0, 0.1) is 0 Å². The van der Waals surface area contributed by atoms with E-state index in [9.17, 15) is 0 Å². The number of nitrogens with zero attached hydrogens (tertiary/aromatic N) is 2. The minimum atomic E-state index is 0.371. The van der Waals surface area contributed by atoms with Crippen molar-refractivity contribution in [2.24, 2.45) is 7.05 Å². The summed E-state index contributed by atoms with van der Waals surface area (Å²) in [6.45, 7) is 3.89. The molecule has 4 nitrogen and oxygen atoms in total. The van der Waals surface area contributed by atoms with Crippen LogP contribution in [-0.2, 0) is 18.4 Å². The Kier molecular flexibility index (Phi) is 5.67. The Bertz CT molecular complexity index is 386. The van der Waals surface area contributed by atoms with E-state index >= 15 is 0 Å². The molecule has 0 unspecified atom stereocenters. The summed E-state index contributed by atoms with van der Waals surface area (Å²) in [5.41, 5.74) is 0. The molecule has 1 aromatic rings. The SMILES string of the molecule is CCCNC1CCC(OCc2ncc(Cl)n2C)CC1. The summed E-state index contributed by atoms with van der Waals surface area (Å²) in [6.07, 6.45) is 7.95. The van der Waals surface area contributed by atoms with Crippen molar-refractivity contribution in [3.63, 3.8) is 0 Å². The van der Waals surface area contributed by atoms with E-state index in [0.717, 1.165) is 25.2 Å². The first-order valence-electron chi connectivity index (χ1n) is 7.21. The highest BCUT2D eigenvalue weighted by Crippen LogP contribution is 2.22. The third kappa shape index (κ3) is 4.20. The van der Waals surface area contributed by atoms with Gasteiger partial charge in [0.15, 0.2) is 0 Å². The lowest BCUT2D eigenvalue weighted by Gasteiger charge is -2.29. The van der Waals surface area contributed by atoms with Gasteiger partial charge in [0.2, 0.25) is 0 Å². The highest BCUT2D eigenvalue weighted by atomic mass is 35.5. The van der Waals surface area contributed by atoms with Crippen LogP contribution in [0.25, 0.3) is 0 Å². The predicted octanol–water partition coefficient (Wildman–Crippen LogP) is 2.90. The van der Waals surface area contributed by atoms with Crippen LogP contribution in [0.4, 0.5) is 0 Å². The normalized spacial score (nSPS) is 23.7. The Labute approximate surface area is 120 Å². The zero-order valence-electron chi connectivity index (χ0n) is 11.9. The zero-order chi connectivity index (χ0) is 13.7. The second-order valence-corrected chi connectivity index (χ2v) is 5.68. The van der Waals surface area contributed by atoms with Crippen molar-refractivity contribution < 1.29 is 4.74 Å². The van der Waals surface area contributed by atoms with Crippen LogP contribution in [0.5, 0.6) is 0 Å². The van der Waals surface area contributed by atoms with Gasteiger partial charge in [0.1, 0.15) is 17.6 Å². The maximum Gasteiger partial charge on any atom is 0.135 e. The second kappa shape index (κ2) is 7.27. The van der Waals surface area contributed by atoms with Crippen molar-refractivity contribution in [3.8, 4) is 0 Å². The molecule has 0 saturated heterocycles. The summed E-state index contributed by atoms with van der Waals surface area (Å²) in [4.78, 5) is 4.25. The summed E-state index contributed by atoms with van der Waals surface area (Å²) in [6, 6.07) is 0.683. The number of hydrogen-bond acceptors (Lipinski definition) is 3. The first-order valence-corrected chi connectivity index (χ1v) is 7.59. The smallest absolute Gasteiger partial charge is 0.135 e. The molecule has 19 heavy (non-hydrogen) atoms. The maximum atomic E-state index is 5.96. The summed E-state index contributed by atoms with van der Waals surface area (Å²) < 4.78 is 7.82. The van der Waals surface area contributed by atoms with Gasteiger partial charge in [-0.25, -0.2) is 4.98 Å². The van der Waals surface area contributed by atoms with Gasteiger partial charge in [-0.2, -0.15) is 0 Å². The van der Waals surface area contributed by atoms with E-state index in [4.69, 9.17) is 16.3 Å². The van der Waals surface area contributed by atoms with Crippen molar-refractivity contribution in [2.75, 3.05) is 6.54 Å². The molecule has 0 aliphatic heterocycles. The lowest BCUT2D eigenvalue weighted by Crippen LogP contribution is -2.35. The van der Waals surface area contributed by atoms with E-state index in [0.29, 0.717) is 23.9 Å². The van der Waals surface area contributed by atoms with Gasteiger partial charge < -0.3 is 14.6 Å². The Balaban J connectivity index is 1.70. The second-order valence-electron chi connectivity index (χ2n) is 5.29. The third-order valence-corrected chi connectivity index (χ3v) is 4.18. The molecule has 0 atom stereocenters. The standard InChI is InChI=1S/C14H24ClN3O/c1-3-8-16-11-4-6-12(7-5-11)19-10-14-17-9-13(15)18(14)2/h9,11-12,16H,3-8,10H2,1-2H3. The lowest BCUT2D eigenvalue weighted by atomic mass is 9.93. The van der Waals surface area contributed by atoms with Crippen molar-refractivity contribution in [1.82, 2.24) is 14.9 Å². The Morgan fingerprint density at radius 1 is 1.42 bits per heavy atom. The summed E-state index contributed by atoms with van der Waals surface area (Å²) in [5.74, 6) is 0.899. The third-order valence-electron chi connectivity index (χ3n) is 3.83. The molecule has 1 saturated carbocycles. The van der Waals surface area contributed by atoms with E-state index in [2.05, 4.69) is 17.2 Å². The lowest BCUT2D eigenvalue weighted by molar-refractivity contribution is 0.00729. The molecule has 1 aliphatic rings. The first kappa shape index (κ1) is 14.8. The average Bonchev–Trinajstić information content (AvgIpc) is 2.75. The average molecular weight is 286 g/mol. The van der Waals surface area contributed by atoms with E-state index in [1.54, 1.807) is 6.20 Å². The number of rotatable bonds is 6. The zero-order valence-corrected chi connectivity index (χ0v) is 12.6. The summed E-state index contributed by atoms with van der Waals surface area (Å²) in [5, 5.41) is 4.25. The monoisotopic (exact) mass is 285 g/mol. The van der Waals surface area contributed by atoms with E-state index in [1.807, 2.05) is 11.6 Å². The molecule has 1 aromatic heterocycles. The summed E-state index contributed by atoms with van der Waals surface area (Å²) >= 11 is 5.96. The Morgan fingerprint density at radius 3 is 2.74 bits per heavy atom. The molecule has 2 rings (SSSR count). The molecule has 5 heteroatoms. The fraction of sp³-hybridized carbons (Fsp3) is 0.786. The molecule has 1 fully saturated rings. The molecule has 0 radical (unpaired) electrons. The van der Waals surface area contributed by atoms with Gasteiger partial charge in [0.05, 0.1) is 12.3 Å². The predicted molar refractivity (Wildman–Crippen MR) is 77.3 cm³/mol. The first-order chi connectivity index (χ1) is 9.20. The molecule has 0 amide bonds. The maximum absolute atomic E-state index is 5.96. The number of ether oxygens (including phenoxy) is 1. The van der Waals surface area contributed by atoms with Crippen LogP contribution in [0.2, 0.25) is 5.15 Å².